The SMILES string of the molecule is Cc1c(N)cc(S(=O)(=O)NCC(C)(C)CN(C)C)cc1F. The summed E-state index contributed by atoms with van der Waals surface area (Å²) in [4.78, 5) is 1.83. The number of rotatable bonds is 6. The van der Waals surface area contributed by atoms with E-state index in [9.17, 15) is 12.8 Å². The van der Waals surface area contributed by atoms with Crippen LogP contribution in [-0.4, -0.2) is 40.5 Å². The van der Waals surface area contributed by atoms with Crippen LogP contribution in [0.2, 0.25) is 0 Å². The van der Waals surface area contributed by atoms with Crippen LogP contribution in [0, 0.1) is 18.2 Å². The summed E-state index contributed by atoms with van der Waals surface area (Å²) in [5, 5.41) is 0. The smallest absolute Gasteiger partial charge is 0.240 e. The summed E-state index contributed by atoms with van der Waals surface area (Å²) in [5.41, 5.74) is 5.76. The van der Waals surface area contributed by atoms with Gasteiger partial charge in [-0.2, -0.15) is 0 Å². The van der Waals surface area contributed by atoms with Gasteiger partial charge in [-0.25, -0.2) is 17.5 Å². The Balaban J connectivity index is 2.93. The van der Waals surface area contributed by atoms with Crippen molar-refractivity contribution < 1.29 is 12.8 Å². The topological polar surface area (TPSA) is 75.4 Å². The van der Waals surface area contributed by atoms with Crippen LogP contribution >= 0.6 is 0 Å². The molecule has 21 heavy (non-hydrogen) atoms. The van der Waals surface area contributed by atoms with Gasteiger partial charge >= 0.3 is 0 Å². The molecule has 0 aromatic heterocycles. The van der Waals surface area contributed by atoms with E-state index in [0.717, 1.165) is 12.6 Å². The number of hydrogen-bond donors (Lipinski definition) is 2. The van der Waals surface area contributed by atoms with Crippen LogP contribution in [0.5, 0.6) is 0 Å². The van der Waals surface area contributed by atoms with Crippen molar-refractivity contribution in [3.63, 3.8) is 0 Å². The van der Waals surface area contributed by atoms with Crippen LogP contribution in [-0.2, 0) is 10.0 Å². The minimum absolute atomic E-state index is 0.128. The molecule has 0 radical (unpaired) electrons. The summed E-state index contributed by atoms with van der Waals surface area (Å²) in [6.45, 7) is 6.40. The first kappa shape index (κ1) is 17.9. The van der Waals surface area contributed by atoms with Crippen molar-refractivity contribution in [2.75, 3.05) is 32.9 Å². The summed E-state index contributed by atoms with van der Waals surface area (Å²) in [7, 11) is 0.0663. The van der Waals surface area contributed by atoms with Crippen LogP contribution in [0.15, 0.2) is 17.0 Å². The number of hydrogen-bond acceptors (Lipinski definition) is 4. The van der Waals surface area contributed by atoms with Gasteiger partial charge in [0.1, 0.15) is 5.82 Å². The van der Waals surface area contributed by atoms with Gasteiger partial charge in [-0.1, -0.05) is 13.8 Å². The first-order chi connectivity index (χ1) is 9.44. The molecule has 120 valence electrons. The summed E-state index contributed by atoms with van der Waals surface area (Å²) in [5.74, 6) is -0.622. The number of nitrogens with zero attached hydrogens (tertiary/aromatic N) is 1. The van der Waals surface area contributed by atoms with E-state index < -0.39 is 15.8 Å². The van der Waals surface area contributed by atoms with Gasteiger partial charge in [0.15, 0.2) is 0 Å². The molecule has 1 aromatic rings. The molecule has 0 bridgehead atoms. The van der Waals surface area contributed by atoms with Crippen molar-refractivity contribution in [3.05, 3.63) is 23.5 Å². The predicted octanol–water partition coefficient (Wildman–Crippen LogP) is 1.58. The van der Waals surface area contributed by atoms with Gasteiger partial charge in [-0.15, -0.1) is 0 Å². The Labute approximate surface area is 126 Å². The second-order valence-corrected chi connectivity index (χ2v) is 8.11. The number of benzene rings is 1. The monoisotopic (exact) mass is 317 g/mol. The molecule has 0 aliphatic heterocycles. The molecule has 0 amide bonds. The fourth-order valence-corrected chi connectivity index (χ4v) is 3.40. The van der Waals surface area contributed by atoms with Gasteiger partial charge in [0.05, 0.1) is 4.90 Å². The van der Waals surface area contributed by atoms with Gasteiger partial charge in [-0.05, 0) is 38.6 Å². The standard InChI is InChI=1S/C14H24FN3O2S/c1-10-12(15)6-11(7-13(10)16)21(19,20)17-8-14(2,3)9-18(4)5/h6-7,17H,8-9,16H2,1-5H3. The Morgan fingerprint density at radius 3 is 2.38 bits per heavy atom. The van der Waals surface area contributed by atoms with Crippen LogP contribution in [0.4, 0.5) is 10.1 Å². The predicted molar refractivity (Wildman–Crippen MR) is 83.1 cm³/mol. The third-order valence-electron chi connectivity index (χ3n) is 3.15. The average molecular weight is 317 g/mol. The molecule has 7 heteroatoms. The molecule has 3 N–H and O–H groups in total. The summed E-state index contributed by atoms with van der Waals surface area (Å²) in [6.07, 6.45) is 0. The molecule has 0 saturated carbocycles. The molecule has 0 spiro atoms. The quantitative estimate of drug-likeness (QED) is 0.781. The van der Waals surface area contributed by atoms with Gasteiger partial charge in [0.25, 0.3) is 0 Å². The maximum atomic E-state index is 13.6. The van der Waals surface area contributed by atoms with E-state index in [4.69, 9.17) is 5.73 Å². The van der Waals surface area contributed by atoms with Crippen LogP contribution in [0.3, 0.4) is 0 Å². The Morgan fingerprint density at radius 2 is 1.90 bits per heavy atom. The van der Waals surface area contributed by atoms with E-state index in [-0.39, 0.29) is 28.1 Å². The Hall–Kier alpha value is -1.18. The molecule has 5 nitrogen and oxygen atoms in total. The highest BCUT2D eigenvalue weighted by molar-refractivity contribution is 7.89. The highest BCUT2D eigenvalue weighted by Gasteiger charge is 2.24. The lowest BCUT2D eigenvalue weighted by Crippen LogP contribution is -2.40. The van der Waals surface area contributed by atoms with E-state index in [2.05, 4.69) is 4.72 Å². The molecule has 1 rings (SSSR count). The zero-order valence-corrected chi connectivity index (χ0v) is 14.0. The third-order valence-corrected chi connectivity index (χ3v) is 4.53. The Morgan fingerprint density at radius 1 is 1.33 bits per heavy atom. The van der Waals surface area contributed by atoms with Crippen LogP contribution in [0.1, 0.15) is 19.4 Å². The van der Waals surface area contributed by atoms with Gasteiger partial charge in [-0.3, -0.25) is 0 Å². The summed E-state index contributed by atoms with van der Waals surface area (Å²) >= 11 is 0. The first-order valence-corrected chi connectivity index (χ1v) is 8.13. The largest absolute Gasteiger partial charge is 0.398 e. The maximum absolute atomic E-state index is 13.6. The number of anilines is 1. The van der Waals surface area contributed by atoms with E-state index in [1.165, 1.54) is 13.0 Å². The highest BCUT2D eigenvalue weighted by Crippen LogP contribution is 2.22. The number of nitrogens with two attached hydrogens (primary N) is 1. The van der Waals surface area contributed by atoms with Crippen molar-refractivity contribution in [1.82, 2.24) is 9.62 Å². The van der Waals surface area contributed by atoms with E-state index in [1.807, 2.05) is 32.8 Å². The summed E-state index contributed by atoms with van der Waals surface area (Å²) in [6, 6.07) is 2.27. The zero-order valence-electron chi connectivity index (χ0n) is 13.2. The second-order valence-electron chi connectivity index (χ2n) is 6.35. The van der Waals surface area contributed by atoms with Gasteiger partial charge < -0.3 is 10.6 Å². The van der Waals surface area contributed by atoms with Crippen molar-refractivity contribution in [3.8, 4) is 0 Å². The second kappa shape index (κ2) is 6.29. The molecule has 0 fully saturated rings. The number of sulfonamides is 1. The van der Waals surface area contributed by atoms with E-state index in [1.54, 1.807) is 0 Å². The summed E-state index contributed by atoms with van der Waals surface area (Å²) < 4.78 is 40.6. The highest BCUT2D eigenvalue weighted by atomic mass is 32.2. The number of halogens is 1. The molecular formula is C14H24FN3O2S. The van der Waals surface area contributed by atoms with Gasteiger partial charge in [0, 0.05) is 24.3 Å². The molecule has 0 unspecified atom stereocenters. The molecule has 1 aromatic carbocycles. The lowest BCUT2D eigenvalue weighted by Gasteiger charge is -2.28. The van der Waals surface area contributed by atoms with Crippen molar-refractivity contribution >= 4 is 15.7 Å². The third kappa shape index (κ3) is 4.94. The minimum Gasteiger partial charge on any atom is -0.398 e. The van der Waals surface area contributed by atoms with Crippen LogP contribution in [0.25, 0.3) is 0 Å². The number of nitrogens with one attached hydrogen (secondary N) is 1. The van der Waals surface area contributed by atoms with Crippen molar-refractivity contribution in [1.29, 1.82) is 0 Å². The maximum Gasteiger partial charge on any atom is 0.240 e. The normalized spacial score (nSPS) is 12.9. The van der Waals surface area contributed by atoms with Crippen LogP contribution < -0.4 is 10.5 Å². The first-order valence-electron chi connectivity index (χ1n) is 6.65. The molecule has 0 saturated heterocycles. The molecular weight excluding hydrogens is 293 g/mol. The lowest BCUT2D eigenvalue weighted by molar-refractivity contribution is 0.242. The fraction of sp³-hybridized carbons (Fsp3) is 0.571. The molecule has 0 heterocycles. The molecule has 0 atom stereocenters. The number of nitrogen functional groups attached to an aromatic ring is 1. The van der Waals surface area contributed by atoms with E-state index in [0.29, 0.717) is 0 Å². The average Bonchev–Trinajstić information content (AvgIpc) is 2.31. The van der Waals surface area contributed by atoms with Gasteiger partial charge in [0.2, 0.25) is 10.0 Å². The van der Waals surface area contributed by atoms with Crippen molar-refractivity contribution in [2.45, 2.75) is 25.7 Å². The fourth-order valence-electron chi connectivity index (χ4n) is 2.12. The van der Waals surface area contributed by atoms with E-state index >= 15 is 0 Å². The zero-order chi connectivity index (χ0) is 16.4. The molecule has 0 aliphatic rings. The molecule has 0 aliphatic carbocycles. The Kier molecular flexibility index (Phi) is 5.35. The Bertz CT molecular complexity index is 590. The lowest BCUT2D eigenvalue weighted by atomic mass is 9.93. The minimum atomic E-state index is -3.78. The van der Waals surface area contributed by atoms with Crippen molar-refractivity contribution in [2.24, 2.45) is 5.41 Å².